The van der Waals surface area contributed by atoms with E-state index in [2.05, 4.69) is 24.3 Å². The highest BCUT2D eigenvalue weighted by Crippen LogP contribution is 2.47. The molecule has 4 nitrogen and oxygen atoms in total. The Kier molecular flexibility index (Phi) is 5.56. The van der Waals surface area contributed by atoms with Gasteiger partial charge in [-0.3, -0.25) is 0 Å². The van der Waals surface area contributed by atoms with Gasteiger partial charge in [-0.05, 0) is 59.2 Å². The SMILES string of the molecule is O=C(OCC1c2ccccc2-c2ccccc21)N1C2CCCC1CC(O)(c1cc(F)c(F)c(F)c1)C2. The highest BCUT2D eigenvalue weighted by atomic mass is 19.2. The van der Waals surface area contributed by atoms with E-state index in [1.807, 2.05) is 24.3 Å². The maximum atomic E-state index is 13.9. The van der Waals surface area contributed by atoms with Crippen molar-refractivity contribution in [2.45, 2.75) is 55.7 Å². The number of carbonyl (C=O) groups excluding carboxylic acids is 1. The van der Waals surface area contributed by atoms with Gasteiger partial charge in [0, 0.05) is 30.8 Å². The molecule has 1 N–H and O–H groups in total. The van der Waals surface area contributed by atoms with Gasteiger partial charge in [-0.1, -0.05) is 48.5 Å². The fourth-order valence-electron chi connectivity index (χ4n) is 6.46. The fraction of sp³-hybridized carbons (Fsp3) is 0.345. The van der Waals surface area contributed by atoms with Crippen LogP contribution in [0.15, 0.2) is 60.7 Å². The predicted molar refractivity (Wildman–Crippen MR) is 128 cm³/mol. The Labute approximate surface area is 207 Å². The van der Waals surface area contributed by atoms with Crippen LogP contribution >= 0.6 is 0 Å². The minimum atomic E-state index is -1.56. The monoisotopic (exact) mass is 493 g/mol. The van der Waals surface area contributed by atoms with E-state index in [0.29, 0.717) is 12.8 Å². The molecule has 2 aliphatic heterocycles. The van der Waals surface area contributed by atoms with E-state index < -0.39 is 29.1 Å². The summed E-state index contributed by atoms with van der Waals surface area (Å²) in [6, 6.07) is 17.3. The van der Waals surface area contributed by atoms with Crippen LogP contribution in [0, 0.1) is 17.5 Å². The van der Waals surface area contributed by atoms with Crippen LogP contribution < -0.4 is 0 Å². The van der Waals surface area contributed by atoms with Crippen LogP contribution in [0.25, 0.3) is 11.1 Å². The summed E-state index contributed by atoms with van der Waals surface area (Å²) >= 11 is 0. The second-order valence-corrected chi connectivity index (χ2v) is 10.1. The first-order valence-corrected chi connectivity index (χ1v) is 12.4. The van der Waals surface area contributed by atoms with Crippen molar-refractivity contribution < 1.29 is 27.8 Å². The smallest absolute Gasteiger partial charge is 0.410 e. The van der Waals surface area contributed by atoms with Crippen LogP contribution in [0.2, 0.25) is 0 Å². The maximum Gasteiger partial charge on any atom is 0.410 e. The molecule has 0 radical (unpaired) electrons. The topological polar surface area (TPSA) is 49.8 Å². The molecule has 2 heterocycles. The molecule has 2 bridgehead atoms. The van der Waals surface area contributed by atoms with Crippen molar-refractivity contribution in [1.29, 1.82) is 0 Å². The maximum absolute atomic E-state index is 13.9. The van der Waals surface area contributed by atoms with Crippen molar-refractivity contribution in [2.75, 3.05) is 6.61 Å². The van der Waals surface area contributed by atoms with E-state index >= 15 is 0 Å². The molecule has 2 unspecified atom stereocenters. The number of hydrogen-bond donors (Lipinski definition) is 1. The molecular formula is C29H26F3NO3. The van der Waals surface area contributed by atoms with Gasteiger partial charge in [0.15, 0.2) is 17.5 Å². The number of fused-ring (bicyclic) bond motifs is 5. The highest BCUT2D eigenvalue weighted by Gasteiger charge is 2.49. The van der Waals surface area contributed by atoms with Crippen LogP contribution in [-0.2, 0) is 10.3 Å². The van der Waals surface area contributed by atoms with Crippen LogP contribution in [0.5, 0.6) is 0 Å². The van der Waals surface area contributed by atoms with Gasteiger partial charge >= 0.3 is 6.09 Å². The zero-order valence-corrected chi connectivity index (χ0v) is 19.6. The Morgan fingerprint density at radius 1 is 0.917 bits per heavy atom. The molecule has 3 aromatic carbocycles. The van der Waals surface area contributed by atoms with Gasteiger partial charge in [0.05, 0.1) is 5.60 Å². The van der Waals surface area contributed by atoms with E-state index in [9.17, 15) is 23.1 Å². The quantitative estimate of drug-likeness (QED) is 0.439. The number of benzene rings is 3. The molecule has 1 amide bonds. The number of rotatable bonds is 3. The van der Waals surface area contributed by atoms with E-state index in [1.165, 1.54) is 0 Å². The fourth-order valence-corrected chi connectivity index (χ4v) is 6.46. The number of halogens is 3. The number of amides is 1. The van der Waals surface area contributed by atoms with Crippen molar-refractivity contribution >= 4 is 6.09 Å². The number of carbonyl (C=O) groups is 1. The Morgan fingerprint density at radius 2 is 1.44 bits per heavy atom. The molecule has 3 aromatic rings. The van der Waals surface area contributed by atoms with Crippen molar-refractivity contribution in [1.82, 2.24) is 4.90 Å². The summed E-state index contributed by atoms with van der Waals surface area (Å²) < 4.78 is 47.2. The van der Waals surface area contributed by atoms with Gasteiger partial charge in [-0.2, -0.15) is 0 Å². The third-order valence-corrected chi connectivity index (χ3v) is 8.08. The molecular weight excluding hydrogens is 467 g/mol. The van der Waals surface area contributed by atoms with Crippen molar-refractivity contribution in [3.05, 3.63) is 94.8 Å². The number of ether oxygens (including phenoxy) is 1. The largest absolute Gasteiger partial charge is 0.448 e. The minimum absolute atomic E-state index is 0.00277. The Morgan fingerprint density at radius 3 is 2.00 bits per heavy atom. The molecule has 2 saturated heterocycles. The van der Waals surface area contributed by atoms with Crippen LogP contribution in [-0.4, -0.2) is 34.8 Å². The van der Waals surface area contributed by atoms with Gasteiger partial charge in [0.1, 0.15) is 6.61 Å². The van der Waals surface area contributed by atoms with Crippen molar-refractivity contribution in [3.63, 3.8) is 0 Å². The first-order chi connectivity index (χ1) is 17.4. The lowest BCUT2D eigenvalue weighted by Gasteiger charge is -2.51. The molecule has 1 aliphatic carbocycles. The first-order valence-electron chi connectivity index (χ1n) is 12.4. The second kappa shape index (κ2) is 8.66. The summed E-state index contributed by atoms with van der Waals surface area (Å²) in [6.45, 7) is 0.196. The lowest BCUT2D eigenvalue weighted by atomic mass is 9.72. The first kappa shape index (κ1) is 23.1. The van der Waals surface area contributed by atoms with Crippen LogP contribution in [0.1, 0.15) is 54.7 Å². The van der Waals surface area contributed by atoms with Crippen molar-refractivity contribution in [2.24, 2.45) is 0 Å². The van der Waals surface area contributed by atoms with Gasteiger partial charge in [0.25, 0.3) is 0 Å². The van der Waals surface area contributed by atoms with E-state index in [-0.39, 0.29) is 43.0 Å². The Hall–Kier alpha value is -3.32. The minimum Gasteiger partial charge on any atom is -0.448 e. The summed E-state index contributed by atoms with van der Waals surface area (Å²) in [7, 11) is 0. The number of piperidine rings is 2. The number of aliphatic hydroxyl groups is 1. The number of nitrogens with zero attached hydrogens (tertiary/aromatic N) is 1. The predicted octanol–water partition coefficient (Wildman–Crippen LogP) is 6.26. The highest BCUT2D eigenvalue weighted by molar-refractivity contribution is 5.79. The molecule has 0 spiro atoms. The van der Waals surface area contributed by atoms with Crippen molar-refractivity contribution in [3.8, 4) is 11.1 Å². The molecule has 3 aliphatic rings. The van der Waals surface area contributed by atoms with E-state index in [4.69, 9.17) is 4.74 Å². The normalized spacial score (nSPS) is 24.8. The number of hydrogen-bond acceptors (Lipinski definition) is 3. The van der Waals surface area contributed by atoms with Gasteiger partial charge in [0.2, 0.25) is 0 Å². The summed E-state index contributed by atoms with van der Waals surface area (Å²) in [5.41, 5.74) is 2.99. The summed E-state index contributed by atoms with van der Waals surface area (Å²) in [4.78, 5) is 15.0. The second-order valence-electron chi connectivity index (χ2n) is 10.1. The lowest BCUT2D eigenvalue weighted by molar-refractivity contribution is -0.0894. The standard InChI is InChI=1S/C29H26F3NO3/c30-25-12-17(13-26(31)27(25)32)29(35)14-18-6-5-7-19(15-29)33(18)28(34)36-16-24-22-10-3-1-8-20(22)21-9-2-4-11-23(21)24/h1-4,8-13,18-19,24,35H,5-7,14-16H2. The molecule has 186 valence electrons. The third-order valence-electron chi connectivity index (χ3n) is 8.08. The average Bonchev–Trinajstić information content (AvgIpc) is 3.18. The van der Waals surface area contributed by atoms with Crippen LogP contribution in [0.3, 0.4) is 0 Å². The van der Waals surface area contributed by atoms with Gasteiger partial charge in [-0.15, -0.1) is 0 Å². The zero-order valence-electron chi connectivity index (χ0n) is 19.6. The molecule has 2 atom stereocenters. The zero-order chi connectivity index (χ0) is 25.0. The van der Waals surface area contributed by atoms with E-state index in [1.54, 1.807) is 4.90 Å². The molecule has 6 rings (SSSR count). The average molecular weight is 494 g/mol. The molecule has 7 heteroatoms. The molecule has 0 aromatic heterocycles. The summed E-state index contributed by atoms with van der Waals surface area (Å²) in [5.74, 6) is -4.28. The third kappa shape index (κ3) is 3.68. The van der Waals surface area contributed by atoms with E-state index in [0.717, 1.165) is 40.8 Å². The van der Waals surface area contributed by atoms with Crippen LogP contribution in [0.4, 0.5) is 18.0 Å². The van der Waals surface area contributed by atoms with Gasteiger partial charge < -0.3 is 14.7 Å². The summed E-state index contributed by atoms with van der Waals surface area (Å²) in [5, 5.41) is 11.4. The Balaban J connectivity index is 1.21. The van der Waals surface area contributed by atoms with Gasteiger partial charge in [-0.25, -0.2) is 18.0 Å². The Bertz CT molecular complexity index is 1260. The summed E-state index contributed by atoms with van der Waals surface area (Å²) in [6.07, 6.45) is 1.95. The lowest BCUT2D eigenvalue weighted by Crippen LogP contribution is -2.59. The molecule has 0 saturated carbocycles. The molecule has 36 heavy (non-hydrogen) atoms. The molecule has 2 fully saturated rings.